The van der Waals surface area contributed by atoms with E-state index in [0.29, 0.717) is 0 Å². The molecule has 0 amide bonds. The molecule has 15 heavy (non-hydrogen) atoms. The Labute approximate surface area is 91.3 Å². The van der Waals surface area contributed by atoms with Crippen LogP contribution in [0.4, 0.5) is 4.39 Å². The maximum atomic E-state index is 12.9. The average Bonchev–Trinajstić information content (AvgIpc) is 2.40. The fraction of sp³-hybridized carbons (Fsp3) is 0.538. The van der Waals surface area contributed by atoms with Crippen LogP contribution in [0.5, 0.6) is 0 Å². The van der Waals surface area contributed by atoms with Gasteiger partial charge in [-0.3, -0.25) is 0 Å². The Hall–Kier alpha value is -0.890. The van der Waals surface area contributed by atoms with Crippen LogP contribution in [-0.2, 0) is 10.3 Å². The summed E-state index contributed by atoms with van der Waals surface area (Å²) in [6, 6.07) is 4.87. The molecule has 84 valence electrons. The van der Waals surface area contributed by atoms with Gasteiger partial charge in [-0.15, -0.1) is 0 Å². The van der Waals surface area contributed by atoms with Crippen LogP contribution in [0.2, 0.25) is 0 Å². The molecule has 1 aromatic carbocycles. The van der Waals surface area contributed by atoms with Gasteiger partial charge in [-0.1, -0.05) is 19.9 Å². The molecule has 1 aliphatic heterocycles. The van der Waals surface area contributed by atoms with Crippen LogP contribution in [-0.4, -0.2) is 0 Å². The number of benzene rings is 1. The minimum Gasteiger partial charge on any atom is -0.363 e. The lowest BCUT2D eigenvalue weighted by molar-refractivity contribution is -0.0435. The number of halogens is 1. The molecule has 0 bridgehead atoms. The molecule has 0 spiro atoms. The Morgan fingerprint density at radius 3 is 2.47 bits per heavy atom. The summed E-state index contributed by atoms with van der Waals surface area (Å²) in [6.45, 7) is 9.97. The first-order chi connectivity index (χ1) is 7.00. The lowest BCUT2D eigenvalue weighted by atomic mass is 9.95. The molecule has 1 aromatic rings. The number of hydrogen-bond acceptors (Lipinski definition) is 1. The van der Waals surface area contributed by atoms with E-state index >= 15 is 0 Å². The Balaban J connectivity index is 0.000000531. The third-order valence-corrected chi connectivity index (χ3v) is 2.57. The van der Waals surface area contributed by atoms with Crippen molar-refractivity contribution in [2.24, 2.45) is 0 Å². The lowest BCUT2D eigenvalue weighted by Crippen LogP contribution is -2.14. The first-order valence-corrected chi connectivity index (χ1v) is 5.48. The van der Waals surface area contributed by atoms with Crippen molar-refractivity contribution < 1.29 is 9.13 Å². The van der Waals surface area contributed by atoms with Gasteiger partial charge in [0.2, 0.25) is 0 Å². The highest BCUT2D eigenvalue weighted by Crippen LogP contribution is 2.42. The van der Waals surface area contributed by atoms with E-state index in [2.05, 4.69) is 0 Å². The van der Waals surface area contributed by atoms with E-state index in [9.17, 15) is 4.39 Å². The molecule has 0 aliphatic carbocycles. The maximum Gasteiger partial charge on any atom is 0.123 e. The van der Waals surface area contributed by atoms with E-state index in [1.54, 1.807) is 6.07 Å². The van der Waals surface area contributed by atoms with Gasteiger partial charge >= 0.3 is 0 Å². The Morgan fingerprint density at radius 1 is 1.27 bits per heavy atom. The molecule has 1 unspecified atom stereocenters. The summed E-state index contributed by atoms with van der Waals surface area (Å²) in [7, 11) is 0. The molecule has 1 aliphatic rings. The van der Waals surface area contributed by atoms with Crippen molar-refractivity contribution in [1.82, 2.24) is 0 Å². The van der Waals surface area contributed by atoms with Gasteiger partial charge in [-0.05, 0) is 44.0 Å². The molecule has 2 heteroatoms. The molecule has 1 atom stereocenters. The number of fused-ring (bicyclic) bond motifs is 1. The second-order valence-corrected chi connectivity index (χ2v) is 4.00. The molecular weight excluding hydrogens is 191 g/mol. The van der Waals surface area contributed by atoms with Crippen molar-refractivity contribution in [3.63, 3.8) is 0 Å². The van der Waals surface area contributed by atoms with E-state index in [0.717, 1.165) is 11.1 Å². The normalized spacial score (nSPS) is 21.6. The number of ether oxygens (including phenoxy) is 1. The Bertz CT molecular complexity index is 344. The van der Waals surface area contributed by atoms with E-state index in [1.807, 2.05) is 40.7 Å². The van der Waals surface area contributed by atoms with Crippen molar-refractivity contribution in [1.29, 1.82) is 0 Å². The van der Waals surface area contributed by atoms with Crippen LogP contribution in [0.1, 0.15) is 51.8 Å². The topological polar surface area (TPSA) is 9.23 Å². The Kier molecular flexibility index (Phi) is 3.50. The Morgan fingerprint density at radius 2 is 1.87 bits per heavy atom. The zero-order valence-electron chi connectivity index (χ0n) is 10.1. The molecule has 1 heterocycles. The SMILES string of the molecule is CC.CC1OC(C)(C)c2ccc(F)cc21. The first-order valence-electron chi connectivity index (χ1n) is 5.48. The van der Waals surface area contributed by atoms with Crippen LogP contribution in [0.3, 0.4) is 0 Å². The van der Waals surface area contributed by atoms with Crippen molar-refractivity contribution in [3.8, 4) is 0 Å². The molecule has 0 saturated carbocycles. The maximum absolute atomic E-state index is 12.9. The summed E-state index contributed by atoms with van der Waals surface area (Å²) in [5.41, 5.74) is 1.80. The molecule has 0 radical (unpaired) electrons. The summed E-state index contributed by atoms with van der Waals surface area (Å²) in [5, 5.41) is 0. The van der Waals surface area contributed by atoms with Crippen LogP contribution >= 0.6 is 0 Å². The summed E-state index contributed by atoms with van der Waals surface area (Å²) in [5.74, 6) is -0.188. The highest BCUT2D eigenvalue weighted by atomic mass is 19.1. The zero-order valence-corrected chi connectivity index (χ0v) is 10.1. The molecule has 1 nitrogen and oxygen atoms in total. The second kappa shape index (κ2) is 4.31. The average molecular weight is 210 g/mol. The minimum atomic E-state index is -0.275. The third kappa shape index (κ3) is 2.20. The summed E-state index contributed by atoms with van der Waals surface area (Å²) in [4.78, 5) is 0. The fourth-order valence-electron chi connectivity index (χ4n) is 1.99. The van der Waals surface area contributed by atoms with E-state index in [4.69, 9.17) is 4.74 Å². The largest absolute Gasteiger partial charge is 0.363 e. The van der Waals surface area contributed by atoms with Gasteiger partial charge in [0.25, 0.3) is 0 Å². The molecule has 0 N–H and O–H groups in total. The lowest BCUT2D eigenvalue weighted by Gasteiger charge is -2.19. The predicted molar refractivity (Wildman–Crippen MR) is 60.3 cm³/mol. The standard InChI is InChI=1S/C11H13FO.C2H6/c1-7-9-6-8(12)4-5-10(9)11(2,3)13-7;1-2/h4-7H,1-3H3;1-2H3. The van der Waals surface area contributed by atoms with Gasteiger partial charge in [0.1, 0.15) is 5.82 Å². The van der Waals surface area contributed by atoms with E-state index in [-0.39, 0.29) is 17.5 Å². The number of rotatable bonds is 0. The molecule has 0 fully saturated rings. The van der Waals surface area contributed by atoms with Gasteiger partial charge in [0.15, 0.2) is 0 Å². The van der Waals surface area contributed by atoms with Crippen molar-refractivity contribution >= 4 is 0 Å². The quantitative estimate of drug-likeness (QED) is 0.624. The highest BCUT2D eigenvalue weighted by molar-refractivity contribution is 5.37. The van der Waals surface area contributed by atoms with Crippen molar-refractivity contribution in [2.75, 3.05) is 0 Å². The van der Waals surface area contributed by atoms with Crippen molar-refractivity contribution in [2.45, 2.75) is 46.3 Å². The summed E-state index contributed by atoms with van der Waals surface area (Å²) < 4.78 is 18.6. The molecule has 2 rings (SSSR count). The van der Waals surface area contributed by atoms with Gasteiger partial charge in [-0.2, -0.15) is 0 Å². The smallest absolute Gasteiger partial charge is 0.123 e. The highest BCUT2D eigenvalue weighted by Gasteiger charge is 2.35. The zero-order chi connectivity index (χ0) is 11.6. The molecular formula is C13H19FO. The van der Waals surface area contributed by atoms with Crippen LogP contribution in [0, 0.1) is 5.82 Å². The number of hydrogen-bond donors (Lipinski definition) is 0. The molecule has 0 saturated heterocycles. The first kappa shape index (κ1) is 12.2. The summed E-state index contributed by atoms with van der Waals surface area (Å²) >= 11 is 0. The van der Waals surface area contributed by atoms with Crippen LogP contribution in [0.15, 0.2) is 18.2 Å². The van der Waals surface area contributed by atoms with E-state index < -0.39 is 0 Å². The van der Waals surface area contributed by atoms with Crippen LogP contribution in [0.25, 0.3) is 0 Å². The summed E-state index contributed by atoms with van der Waals surface area (Å²) in [6.07, 6.45) is 0.000648. The van der Waals surface area contributed by atoms with Crippen LogP contribution < -0.4 is 0 Å². The fourth-order valence-corrected chi connectivity index (χ4v) is 1.99. The monoisotopic (exact) mass is 210 g/mol. The van der Waals surface area contributed by atoms with E-state index in [1.165, 1.54) is 6.07 Å². The third-order valence-electron chi connectivity index (χ3n) is 2.57. The van der Waals surface area contributed by atoms with Gasteiger partial charge in [-0.25, -0.2) is 4.39 Å². The van der Waals surface area contributed by atoms with Gasteiger partial charge in [0, 0.05) is 0 Å². The van der Waals surface area contributed by atoms with Crippen molar-refractivity contribution in [3.05, 3.63) is 35.1 Å². The van der Waals surface area contributed by atoms with Gasteiger partial charge in [0.05, 0.1) is 11.7 Å². The minimum absolute atomic E-state index is 0.000648. The van der Waals surface area contributed by atoms with Gasteiger partial charge < -0.3 is 4.74 Å². The molecule has 0 aromatic heterocycles. The predicted octanol–water partition coefficient (Wildman–Crippen LogP) is 4.18. The second-order valence-electron chi connectivity index (χ2n) is 4.00.